The highest BCUT2D eigenvalue weighted by Crippen LogP contribution is 2.55. The third kappa shape index (κ3) is 4.05. The lowest BCUT2D eigenvalue weighted by Crippen LogP contribution is -2.51. The van der Waals surface area contributed by atoms with Crippen LogP contribution < -0.4 is 20.5 Å². The number of hydrogen-bond donors (Lipinski definition) is 2. The van der Waals surface area contributed by atoms with Crippen molar-refractivity contribution in [2.75, 3.05) is 7.11 Å². The summed E-state index contributed by atoms with van der Waals surface area (Å²) in [7, 11) is 1.04. The molecule has 0 radical (unpaired) electrons. The number of primary amides is 1. The molecule has 7 nitrogen and oxygen atoms in total. The van der Waals surface area contributed by atoms with Gasteiger partial charge in [-0.05, 0) is 43.4 Å². The van der Waals surface area contributed by atoms with Crippen LogP contribution in [0.15, 0.2) is 24.4 Å². The summed E-state index contributed by atoms with van der Waals surface area (Å²) < 4.78 is 77.4. The van der Waals surface area contributed by atoms with Gasteiger partial charge in [-0.25, -0.2) is 9.37 Å². The summed E-state index contributed by atoms with van der Waals surface area (Å²) in [5.41, 5.74) is 2.82. The van der Waals surface area contributed by atoms with Crippen LogP contribution in [0, 0.1) is 23.5 Å². The Labute approximate surface area is 184 Å². The van der Waals surface area contributed by atoms with Gasteiger partial charge in [-0.1, -0.05) is 0 Å². The lowest BCUT2D eigenvalue weighted by Gasteiger charge is -2.39. The van der Waals surface area contributed by atoms with Gasteiger partial charge in [0.25, 0.3) is 5.91 Å². The summed E-state index contributed by atoms with van der Waals surface area (Å²) in [4.78, 5) is 28.1. The quantitative estimate of drug-likeness (QED) is 0.627. The Hall–Kier alpha value is -3.44. The fourth-order valence-corrected chi connectivity index (χ4v) is 4.52. The zero-order chi connectivity index (χ0) is 24.1. The number of aromatic nitrogens is 1. The number of rotatable bonds is 6. The first-order valence-corrected chi connectivity index (χ1v) is 9.83. The molecule has 3 aliphatic carbocycles. The summed E-state index contributed by atoms with van der Waals surface area (Å²) in [5.74, 6) is -6.06. The molecule has 0 aliphatic heterocycles. The highest BCUT2D eigenvalue weighted by molar-refractivity contribution is 5.97. The first-order chi connectivity index (χ1) is 15.4. The van der Waals surface area contributed by atoms with Crippen LogP contribution in [0.2, 0.25) is 0 Å². The number of pyridine rings is 1. The Balaban J connectivity index is 1.67. The Bertz CT molecular complexity index is 1130. The van der Waals surface area contributed by atoms with Crippen LogP contribution in [0.25, 0.3) is 0 Å². The van der Waals surface area contributed by atoms with Crippen LogP contribution in [0.3, 0.4) is 0 Å². The van der Waals surface area contributed by atoms with Crippen LogP contribution >= 0.6 is 0 Å². The van der Waals surface area contributed by atoms with E-state index in [-0.39, 0.29) is 12.3 Å². The van der Waals surface area contributed by atoms with Gasteiger partial charge < -0.3 is 20.5 Å². The van der Waals surface area contributed by atoms with E-state index in [2.05, 4.69) is 10.3 Å². The molecule has 1 heterocycles. The maximum atomic E-state index is 14.0. The summed E-state index contributed by atoms with van der Waals surface area (Å²) in [6, 6.07) is 2.27. The van der Waals surface area contributed by atoms with E-state index in [1.807, 2.05) is 0 Å². The van der Waals surface area contributed by atoms with Crippen molar-refractivity contribution in [2.45, 2.75) is 31.0 Å². The SMILES string of the molecule is COc1c(Oc2ncc(C(F)(F)F)cc2C(=O)NC23CC(C2)C(C(N)=O)C3)ccc(F)c1F. The Morgan fingerprint density at radius 1 is 1.21 bits per heavy atom. The maximum absolute atomic E-state index is 14.0. The van der Waals surface area contributed by atoms with Gasteiger partial charge in [0, 0.05) is 17.7 Å². The molecule has 2 bridgehead atoms. The van der Waals surface area contributed by atoms with E-state index in [1.54, 1.807) is 0 Å². The molecule has 0 saturated heterocycles. The molecular weight excluding hydrogens is 453 g/mol. The first kappa shape index (κ1) is 22.7. The van der Waals surface area contributed by atoms with E-state index in [4.69, 9.17) is 15.2 Å². The molecule has 176 valence electrons. The standard InChI is InChI=1S/C21H18F5N3O4/c1-32-16-14(3-2-13(22)15(16)23)33-19-11(4-10(8-28-19)21(24,25)26)18(31)29-20-5-9(6-20)12(7-20)17(27)30/h2-4,8-9,12H,5-7H2,1H3,(H2,27,30)(H,29,31). The second kappa shape index (κ2) is 7.85. The van der Waals surface area contributed by atoms with E-state index in [0.29, 0.717) is 25.1 Å². The number of carbonyl (C=O) groups is 2. The number of ether oxygens (including phenoxy) is 2. The van der Waals surface area contributed by atoms with Crippen LogP contribution in [-0.2, 0) is 11.0 Å². The predicted molar refractivity (Wildman–Crippen MR) is 102 cm³/mol. The Morgan fingerprint density at radius 3 is 2.48 bits per heavy atom. The molecule has 3 N–H and O–H groups in total. The van der Waals surface area contributed by atoms with E-state index in [0.717, 1.165) is 19.2 Å². The zero-order valence-corrected chi connectivity index (χ0v) is 17.1. The average Bonchev–Trinajstić information content (AvgIpc) is 3.26. The topological polar surface area (TPSA) is 104 Å². The highest BCUT2D eigenvalue weighted by Gasteiger charge is 2.58. The highest BCUT2D eigenvalue weighted by atomic mass is 19.4. The number of methoxy groups -OCH3 is 1. The molecule has 3 fully saturated rings. The molecular formula is C21H18F5N3O4. The van der Waals surface area contributed by atoms with Crippen molar-refractivity contribution < 1.29 is 41.0 Å². The number of carbonyl (C=O) groups excluding carboxylic acids is 2. The minimum Gasteiger partial charge on any atom is -0.490 e. The van der Waals surface area contributed by atoms with Gasteiger partial charge in [0.2, 0.25) is 23.4 Å². The van der Waals surface area contributed by atoms with Gasteiger partial charge in [-0.15, -0.1) is 0 Å². The molecule has 12 heteroatoms. The number of halogens is 5. The largest absolute Gasteiger partial charge is 0.490 e. The van der Waals surface area contributed by atoms with Crippen molar-refractivity contribution in [3.63, 3.8) is 0 Å². The van der Waals surface area contributed by atoms with Crippen molar-refractivity contribution in [3.05, 3.63) is 47.2 Å². The van der Waals surface area contributed by atoms with E-state index in [1.165, 1.54) is 0 Å². The number of alkyl halides is 3. The van der Waals surface area contributed by atoms with Crippen molar-refractivity contribution in [1.29, 1.82) is 0 Å². The number of amides is 2. The Morgan fingerprint density at radius 2 is 1.91 bits per heavy atom. The van der Waals surface area contributed by atoms with Gasteiger partial charge in [0.1, 0.15) is 5.56 Å². The molecule has 3 aliphatic rings. The number of hydrogen-bond acceptors (Lipinski definition) is 5. The molecule has 1 unspecified atom stereocenters. The minimum absolute atomic E-state index is 0.00427. The molecule has 1 aromatic heterocycles. The van der Waals surface area contributed by atoms with Crippen molar-refractivity contribution in [3.8, 4) is 17.4 Å². The van der Waals surface area contributed by atoms with Gasteiger partial charge in [-0.3, -0.25) is 9.59 Å². The Kier molecular flexibility index (Phi) is 5.41. The van der Waals surface area contributed by atoms with Crippen LogP contribution in [-0.4, -0.2) is 29.4 Å². The number of nitrogens with one attached hydrogen (secondary N) is 1. The predicted octanol–water partition coefficient (Wildman–Crippen LogP) is 3.56. The van der Waals surface area contributed by atoms with E-state index < -0.39 is 69.6 Å². The zero-order valence-electron chi connectivity index (χ0n) is 17.1. The van der Waals surface area contributed by atoms with Crippen molar-refractivity contribution >= 4 is 11.8 Å². The van der Waals surface area contributed by atoms with Crippen LogP contribution in [0.4, 0.5) is 22.0 Å². The summed E-state index contributed by atoms with van der Waals surface area (Å²) in [5, 5.41) is 2.68. The molecule has 3 saturated carbocycles. The summed E-state index contributed by atoms with van der Waals surface area (Å²) >= 11 is 0. The smallest absolute Gasteiger partial charge is 0.417 e. The normalized spacial score (nSPS) is 23.6. The second-order valence-corrected chi connectivity index (χ2v) is 8.19. The molecule has 2 amide bonds. The van der Waals surface area contributed by atoms with E-state index >= 15 is 0 Å². The third-order valence-electron chi connectivity index (χ3n) is 6.08. The van der Waals surface area contributed by atoms with E-state index in [9.17, 15) is 31.5 Å². The van der Waals surface area contributed by atoms with Gasteiger partial charge in [0.05, 0.1) is 12.7 Å². The number of fused-ring (bicyclic) bond motifs is 1. The molecule has 5 rings (SSSR count). The molecule has 1 atom stereocenters. The van der Waals surface area contributed by atoms with Crippen LogP contribution in [0.5, 0.6) is 17.4 Å². The first-order valence-electron chi connectivity index (χ1n) is 9.83. The molecule has 33 heavy (non-hydrogen) atoms. The van der Waals surface area contributed by atoms with Gasteiger partial charge in [-0.2, -0.15) is 17.6 Å². The minimum atomic E-state index is -4.80. The molecule has 2 aromatic rings. The summed E-state index contributed by atoms with van der Waals surface area (Å²) in [6.07, 6.45) is -3.14. The monoisotopic (exact) mass is 471 g/mol. The van der Waals surface area contributed by atoms with Gasteiger partial charge >= 0.3 is 6.18 Å². The number of nitrogens with zero attached hydrogens (tertiary/aromatic N) is 1. The second-order valence-electron chi connectivity index (χ2n) is 8.19. The third-order valence-corrected chi connectivity index (χ3v) is 6.08. The number of benzene rings is 1. The number of nitrogens with two attached hydrogens (primary N) is 1. The summed E-state index contributed by atoms with van der Waals surface area (Å²) in [6.45, 7) is 0. The maximum Gasteiger partial charge on any atom is 0.417 e. The van der Waals surface area contributed by atoms with Gasteiger partial charge in [0.15, 0.2) is 11.6 Å². The van der Waals surface area contributed by atoms with Crippen molar-refractivity contribution in [2.24, 2.45) is 17.6 Å². The lowest BCUT2D eigenvalue weighted by atomic mass is 9.76. The molecule has 0 spiro atoms. The average molecular weight is 471 g/mol. The van der Waals surface area contributed by atoms with Crippen molar-refractivity contribution in [1.82, 2.24) is 10.3 Å². The fourth-order valence-electron chi connectivity index (χ4n) is 4.52. The fraction of sp³-hybridized carbons (Fsp3) is 0.381. The van der Waals surface area contributed by atoms with Crippen LogP contribution in [0.1, 0.15) is 35.2 Å². The molecule has 1 aromatic carbocycles. The lowest BCUT2D eigenvalue weighted by molar-refractivity contribution is -0.137.